The number of fused-ring (bicyclic) bond motifs is 1. The number of rotatable bonds is 4. The lowest BCUT2D eigenvalue weighted by molar-refractivity contribution is -0.117. The van der Waals surface area contributed by atoms with Crippen molar-refractivity contribution in [2.75, 3.05) is 38.0 Å². The molecule has 1 saturated heterocycles. The normalized spacial score (nSPS) is 14.9. The first-order valence-electron chi connectivity index (χ1n) is 9.28. The molecule has 3 N–H and O–H groups in total. The molecule has 1 aromatic heterocycles. The van der Waals surface area contributed by atoms with E-state index in [1.54, 1.807) is 4.90 Å². The SMILES string of the molecule is O=C(CN1CCN(C(=O)c2cc(F)cc3[nH]c(=S)[nH]c23)CC1)Nc1ccccc1. The third kappa shape index (κ3) is 4.36. The summed E-state index contributed by atoms with van der Waals surface area (Å²) in [6.45, 7) is 2.30. The highest BCUT2D eigenvalue weighted by Gasteiger charge is 2.25. The predicted molar refractivity (Wildman–Crippen MR) is 111 cm³/mol. The maximum Gasteiger partial charge on any atom is 0.256 e. The number of para-hydroxylation sites is 1. The van der Waals surface area contributed by atoms with Crippen LogP contribution in [0.3, 0.4) is 0 Å². The molecule has 1 aliphatic rings. The number of carbonyl (C=O) groups is 2. The van der Waals surface area contributed by atoms with Crippen molar-refractivity contribution in [2.45, 2.75) is 0 Å². The molecule has 0 atom stereocenters. The summed E-state index contributed by atoms with van der Waals surface area (Å²) in [7, 11) is 0. The van der Waals surface area contributed by atoms with E-state index in [4.69, 9.17) is 12.2 Å². The quantitative estimate of drug-likeness (QED) is 0.575. The fourth-order valence-corrected chi connectivity index (χ4v) is 3.69. The first-order chi connectivity index (χ1) is 14.0. The maximum atomic E-state index is 13.9. The average molecular weight is 413 g/mol. The number of aromatic amines is 2. The van der Waals surface area contributed by atoms with Gasteiger partial charge in [-0.25, -0.2) is 4.39 Å². The van der Waals surface area contributed by atoms with Crippen LogP contribution >= 0.6 is 12.2 Å². The van der Waals surface area contributed by atoms with Gasteiger partial charge in [0.25, 0.3) is 5.91 Å². The number of carbonyl (C=O) groups excluding carboxylic acids is 2. The van der Waals surface area contributed by atoms with Crippen LogP contribution < -0.4 is 5.32 Å². The van der Waals surface area contributed by atoms with Crippen LogP contribution in [0.1, 0.15) is 10.4 Å². The first-order valence-corrected chi connectivity index (χ1v) is 9.68. The van der Waals surface area contributed by atoms with E-state index >= 15 is 0 Å². The molecule has 1 aliphatic heterocycles. The largest absolute Gasteiger partial charge is 0.336 e. The molecule has 4 rings (SSSR count). The van der Waals surface area contributed by atoms with Gasteiger partial charge in [0.2, 0.25) is 5.91 Å². The molecular formula is C20H20FN5O2S. The first kappa shape index (κ1) is 19.3. The van der Waals surface area contributed by atoms with Crippen LogP contribution in [0.15, 0.2) is 42.5 Å². The van der Waals surface area contributed by atoms with Crippen LogP contribution in [-0.4, -0.2) is 64.3 Å². The van der Waals surface area contributed by atoms with Gasteiger partial charge < -0.3 is 20.2 Å². The van der Waals surface area contributed by atoms with Gasteiger partial charge in [-0.1, -0.05) is 18.2 Å². The molecule has 0 bridgehead atoms. The fraction of sp³-hybridized carbons (Fsp3) is 0.250. The highest BCUT2D eigenvalue weighted by Crippen LogP contribution is 2.20. The molecule has 3 aromatic rings. The number of halogens is 1. The van der Waals surface area contributed by atoms with Crippen molar-refractivity contribution >= 4 is 40.8 Å². The zero-order chi connectivity index (χ0) is 20.4. The lowest BCUT2D eigenvalue weighted by Gasteiger charge is -2.34. The summed E-state index contributed by atoms with van der Waals surface area (Å²) in [6, 6.07) is 11.8. The van der Waals surface area contributed by atoms with Gasteiger partial charge in [-0.2, -0.15) is 0 Å². The second kappa shape index (κ2) is 8.14. The van der Waals surface area contributed by atoms with Crippen LogP contribution in [0.5, 0.6) is 0 Å². The van der Waals surface area contributed by atoms with E-state index in [2.05, 4.69) is 15.3 Å². The number of imidazole rings is 1. The van der Waals surface area contributed by atoms with Crippen molar-refractivity contribution in [3.8, 4) is 0 Å². The number of hydrogen-bond acceptors (Lipinski definition) is 4. The number of anilines is 1. The van der Waals surface area contributed by atoms with E-state index in [9.17, 15) is 14.0 Å². The maximum absolute atomic E-state index is 13.9. The van der Waals surface area contributed by atoms with E-state index in [1.807, 2.05) is 35.2 Å². The summed E-state index contributed by atoms with van der Waals surface area (Å²) in [5.74, 6) is -0.849. The van der Waals surface area contributed by atoms with Gasteiger partial charge in [-0.3, -0.25) is 14.5 Å². The Morgan fingerprint density at radius 1 is 1.07 bits per heavy atom. The number of benzene rings is 2. The Bertz CT molecular complexity index is 1100. The van der Waals surface area contributed by atoms with Crippen LogP contribution in [0.4, 0.5) is 10.1 Å². The van der Waals surface area contributed by atoms with Crippen LogP contribution in [0.2, 0.25) is 0 Å². The summed E-state index contributed by atoms with van der Waals surface area (Å²) >= 11 is 5.06. The lowest BCUT2D eigenvalue weighted by Crippen LogP contribution is -2.50. The second-order valence-electron chi connectivity index (χ2n) is 6.94. The Balaban J connectivity index is 1.38. The number of hydrogen-bond donors (Lipinski definition) is 3. The minimum absolute atomic E-state index is 0.0947. The fourth-order valence-electron chi connectivity index (χ4n) is 3.48. The monoisotopic (exact) mass is 413 g/mol. The van der Waals surface area contributed by atoms with Gasteiger partial charge in [0.05, 0.1) is 23.1 Å². The topological polar surface area (TPSA) is 84.2 Å². The minimum atomic E-state index is -0.498. The van der Waals surface area contributed by atoms with Crippen molar-refractivity contribution in [1.82, 2.24) is 19.8 Å². The van der Waals surface area contributed by atoms with E-state index in [0.29, 0.717) is 42.0 Å². The Morgan fingerprint density at radius 3 is 2.52 bits per heavy atom. The molecule has 0 radical (unpaired) electrons. The molecule has 29 heavy (non-hydrogen) atoms. The van der Waals surface area contributed by atoms with E-state index in [-0.39, 0.29) is 23.9 Å². The van der Waals surface area contributed by atoms with Crippen molar-refractivity contribution in [1.29, 1.82) is 0 Å². The molecule has 150 valence electrons. The Labute approximate surface area is 171 Å². The molecule has 2 aromatic carbocycles. The molecule has 0 saturated carbocycles. The van der Waals surface area contributed by atoms with Gasteiger partial charge in [0, 0.05) is 31.9 Å². The molecule has 0 spiro atoms. The van der Waals surface area contributed by atoms with Gasteiger partial charge in [0.15, 0.2) is 4.77 Å². The van der Waals surface area contributed by atoms with Gasteiger partial charge >= 0.3 is 0 Å². The number of amides is 2. The summed E-state index contributed by atoms with van der Waals surface area (Å²) in [4.78, 5) is 34.6. The van der Waals surface area contributed by atoms with Crippen molar-refractivity contribution in [2.24, 2.45) is 0 Å². The minimum Gasteiger partial charge on any atom is -0.336 e. The van der Waals surface area contributed by atoms with Crippen LogP contribution in [0.25, 0.3) is 11.0 Å². The number of H-pyrrole nitrogens is 2. The molecular weight excluding hydrogens is 393 g/mol. The van der Waals surface area contributed by atoms with E-state index < -0.39 is 5.82 Å². The molecule has 0 aliphatic carbocycles. The van der Waals surface area contributed by atoms with Gasteiger partial charge in [0.1, 0.15) is 5.82 Å². The van der Waals surface area contributed by atoms with Gasteiger partial charge in [-0.05, 0) is 36.5 Å². The third-order valence-corrected chi connectivity index (χ3v) is 5.11. The smallest absolute Gasteiger partial charge is 0.256 e. The number of piperazine rings is 1. The molecule has 2 amide bonds. The number of aromatic nitrogens is 2. The zero-order valence-corrected chi connectivity index (χ0v) is 16.4. The predicted octanol–water partition coefficient (Wildman–Crippen LogP) is 2.76. The summed E-state index contributed by atoms with van der Waals surface area (Å²) < 4.78 is 14.3. The molecule has 2 heterocycles. The van der Waals surface area contributed by atoms with Crippen LogP contribution in [-0.2, 0) is 4.79 Å². The lowest BCUT2D eigenvalue weighted by atomic mass is 10.1. The molecule has 9 heteroatoms. The standard InChI is InChI=1S/C20H20FN5O2S/c21-13-10-15(18-16(11-13)23-20(29)24-18)19(28)26-8-6-25(7-9-26)12-17(27)22-14-4-2-1-3-5-14/h1-5,10-11H,6-9,12H2,(H,22,27)(H2,23,24,29). The summed E-state index contributed by atoms with van der Waals surface area (Å²) in [5.41, 5.74) is 1.98. The molecule has 7 nitrogen and oxygen atoms in total. The van der Waals surface area contributed by atoms with E-state index in [0.717, 1.165) is 5.69 Å². The zero-order valence-electron chi connectivity index (χ0n) is 15.6. The number of nitrogens with one attached hydrogen (secondary N) is 3. The second-order valence-corrected chi connectivity index (χ2v) is 7.35. The van der Waals surface area contributed by atoms with Crippen molar-refractivity contribution < 1.29 is 14.0 Å². The number of nitrogens with zero attached hydrogens (tertiary/aromatic N) is 2. The highest BCUT2D eigenvalue weighted by atomic mass is 32.1. The van der Waals surface area contributed by atoms with Crippen LogP contribution in [0, 0.1) is 10.6 Å². The van der Waals surface area contributed by atoms with Crippen molar-refractivity contribution in [3.05, 3.63) is 58.6 Å². The Hall–Kier alpha value is -3.04. The average Bonchev–Trinajstić information content (AvgIpc) is 3.08. The van der Waals surface area contributed by atoms with Crippen molar-refractivity contribution in [3.63, 3.8) is 0 Å². The third-order valence-electron chi connectivity index (χ3n) is 4.90. The Kier molecular flexibility index (Phi) is 5.41. The van der Waals surface area contributed by atoms with Gasteiger partial charge in [-0.15, -0.1) is 0 Å². The van der Waals surface area contributed by atoms with E-state index in [1.165, 1.54) is 12.1 Å². The molecule has 1 fully saturated rings. The summed E-state index contributed by atoms with van der Waals surface area (Å²) in [5, 5.41) is 2.86. The molecule has 0 unspecified atom stereocenters. The highest BCUT2D eigenvalue weighted by molar-refractivity contribution is 7.71. The summed E-state index contributed by atoms with van der Waals surface area (Å²) in [6.07, 6.45) is 0. The Morgan fingerprint density at radius 2 is 1.79 bits per heavy atom.